The van der Waals surface area contributed by atoms with Gasteiger partial charge in [0.1, 0.15) is 0 Å². The first-order chi connectivity index (χ1) is 10.4. The lowest BCUT2D eigenvalue weighted by Crippen LogP contribution is -2.35. The van der Waals surface area contributed by atoms with Crippen molar-refractivity contribution in [2.45, 2.75) is 69.4 Å². The van der Waals surface area contributed by atoms with Gasteiger partial charge in [-0.15, -0.1) is 0 Å². The fourth-order valence-electron chi connectivity index (χ4n) is 3.31. The van der Waals surface area contributed by atoms with E-state index in [1.54, 1.807) is 11.3 Å². The van der Waals surface area contributed by atoms with Gasteiger partial charge in [0.25, 0.3) is 0 Å². The molecule has 0 bridgehead atoms. The van der Waals surface area contributed by atoms with Crippen LogP contribution in [0.25, 0.3) is 0 Å². The van der Waals surface area contributed by atoms with Crippen LogP contribution in [0.15, 0.2) is 16.8 Å². The zero-order valence-electron chi connectivity index (χ0n) is 12.7. The third-order valence-electron chi connectivity index (χ3n) is 4.87. The van der Waals surface area contributed by atoms with E-state index in [1.807, 2.05) is 0 Å². The summed E-state index contributed by atoms with van der Waals surface area (Å²) in [6, 6.07) is 3.88. The fourth-order valence-corrected chi connectivity index (χ4v) is 3.97. The summed E-state index contributed by atoms with van der Waals surface area (Å²) in [7, 11) is 0. The Bertz CT molecular complexity index is 442. The molecule has 1 saturated heterocycles. The quantitative estimate of drug-likeness (QED) is 0.799. The van der Waals surface area contributed by atoms with E-state index in [2.05, 4.69) is 27.0 Å². The summed E-state index contributed by atoms with van der Waals surface area (Å²) in [5.41, 5.74) is 1.47. The van der Waals surface area contributed by atoms with Gasteiger partial charge in [0.2, 0.25) is 0 Å². The molecule has 3 aliphatic rings. The average molecular weight is 306 g/mol. The van der Waals surface area contributed by atoms with Crippen molar-refractivity contribution >= 4 is 11.3 Å². The number of thiophene rings is 1. The molecule has 2 heterocycles. The molecule has 2 aliphatic carbocycles. The molecule has 2 atom stereocenters. The Morgan fingerprint density at radius 1 is 1.14 bits per heavy atom. The van der Waals surface area contributed by atoms with Gasteiger partial charge in [-0.3, -0.25) is 4.90 Å². The Morgan fingerprint density at radius 2 is 2.00 bits per heavy atom. The molecule has 0 radical (unpaired) electrons. The molecule has 0 spiro atoms. The fraction of sp³-hybridized carbons (Fsp3) is 0.765. The second kappa shape index (κ2) is 6.37. The van der Waals surface area contributed by atoms with Crippen LogP contribution < -0.4 is 5.32 Å². The van der Waals surface area contributed by atoms with Crippen LogP contribution in [0.2, 0.25) is 0 Å². The topological polar surface area (TPSA) is 24.5 Å². The average Bonchev–Trinajstić information content (AvgIpc) is 3.41. The van der Waals surface area contributed by atoms with Crippen molar-refractivity contribution in [1.82, 2.24) is 10.2 Å². The maximum atomic E-state index is 6.27. The van der Waals surface area contributed by atoms with E-state index in [1.165, 1.54) is 44.1 Å². The highest BCUT2D eigenvalue weighted by atomic mass is 32.1. The van der Waals surface area contributed by atoms with Crippen molar-refractivity contribution in [3.05, 3.63) is 22.4 Å². The lowest BCUT2D eigenvalue weighted by Gasteiger charge is -2.25. The van der Waals surface area contributed by atoms with Gasteiger partial charge in [-0.2, -0.15) is 11.3 Å². The first-order valence-corrected chi connectivity index (χ1v) is 9.45. The minimum absolute atomic E-state index is 0.454. The smallest absolute Gasteiger partial charge is 0.0707 e. The van der Waals surface area contributed by atoms with E-state index >= 15 is 0 Å². The normalized spacial score (nSPS) is 29.4. The first-order valence-electron chi connectivity index (χ1n) is 8.51. The molecule has 1 aromatic rings. The van der Waals surface area contributed by atoms with Gasteiger partial charge in [0, 0.05) is 31.7 Å². The summed E-state index contributed by atoms with van der Waals surface area (Å²) >= 11 is 1.81. The molecule has 4 heteroatoms. The highest BCUT2D eigenvalue weighted by molar-refractivity contribution is 7.07. The molecular formula is C17H26N2OS. The summed E-state index contributed by atoms with van der Waals surface area (Å²) < 4.78 is 6.27. The molecule has 1 aromatic heterocycles. The van der Waals surface area contributed by atoms with Gasteiger partial charge in [-0.25, -0.2) is 0 Å². The van der Waals surface area contributed by atoms with Crippen molar-refractivity contribution in [2.75, 3.05) is 13.1 Å². The Balaban J connectivity index is 1.25. The van der Waals surface area contributed by atoms with Gasteiger partial charge < -0.3 is 10.1 Å². The van der Waals surface area contributed by atoms with Crippen LogP contribution >= 0.6 is 11.3 Å². The number of nitrogens with zero attached hydrogens (tertiary/aromatic N) is 1. The minimum atomic E-state index is 0.454. The van der Waals surface area contributed by atoms with E-state index < -0.39 is 0 Å². The van der Waals surface area contributed by atoms with E-state index in [0.29, 0.717) is 12.2 Å². The Hall–Kier alpha value is -0.420. The first kappa shape index (κ1) is 14.2. The lowest BCUT2D eigenvalue weighted by molar-refractivity contribution is 0.0199. The monoisotopic (exact) mass is 306 g/mol. The van der Waals surface area contributed by atoms with Gasteiger partial charge in [0.05, 0.1) is 12.2 Å². The van der Waals surface area contributed by atoms with E-state index in [-0.39, 0.29) is 0 Å². The Labute approximate surface area is 131 Å². The third-order valence-corrected chi connectivity index (χ3v) is 5.61. The van der Waals surface area contributed by atoms with Gasteiger partial charge in [-0.1, -0.05) is 0 Å². The number of nitrogens with one attached hydrogen (secondary N) is 1. The number of rotatable bonds is 8. The highest BCUT2D eigenvalue weighted by Crippen LogP contribution is 2.31. The zero-order chi connectivity index (χ0) is 14.1. The second-order valence-electron chi connectivity index (χ2n) is 6.93. The second-order valence-corrected chi connectivity index (χ2v) is 7.71. The van der Waals surface area contributed by atoms with Gasteiger partial charge in [0.15, 0.2) is 0 Å². The molecule has 1 aliphatic heterocycles. The summed E-state index contributed by atoms with van der Waals surface area (Å²) in [5, 5.41) is 8.08. The predicted molar refractivity (Wildman–Crippen MR) is 86.7 cm³/mol. The largest absolute Gasteiger partial charge is 0.372 e. The number of hydrogen-bond donors (Lipinski definition) is 1. The summed E-state index contributed by atoms with van der Waals surface area (Å²) in [4.78, 5) is 2.66. The summed E-state index contributed by atoms with van der Waals surface area (Å²) in [5.74, 6) is 0. The van der Waals surface area contributed by atoms with Crippen molar-refractivity contribution < 1.29 is 4.74 Å². The minimum Gasteiger partial charge on any atom is -0.372 e. The molecule has 0 amide bonds. The van der Waals surface area contributed by atoms with Crippen LogP contribution in [0.4, 0.5) is 0 Å². The van der Waals surface area contributed by atoms with Crippen molar-refractivity contribution in [3.8, 4) is 0 Å². The SMILES string of the molecule is c1cc(CN(CC2CCC(CNC3CC3)O2)C2CC2)cs1. The van der Waals surface area contributed by atoms with Crippen molar-refractivity contribution in [2.24, 2.45) is 0 Å². The van der Waals surface area contributed by atoms with E-state index in [0.717, 1.165) is 31.7 Å². The van der Waals surface area contributed by atoms with Crippen LogP contribution in [0.3, 0.4) is 0 Å². The zero-order valence-corrected chi connectivity index (χ0v) is 13.5. The maximum Gasteiger partial charge on any atom is 0.0707 e. The summed E-state index contributed by atoms with van der Waals surface area (Å²) in [6.45, 7) is 3.30. The molecule has 2 unspecified atom stereocenters. The van der Waals surface area contributed by atoms with Crippen LogP contribution in [-0.2, 0) is 11.3 Å². The van der Waals surface area contributed by atoms with Crippen LogP contribution in [0, 0.1) is 0 Å². The number of ether oxygens (including phenoxy) is 1. The molecule has 116 valence electrons. The van der Waals surface area contributed by atoms with Crippen molar-refractivity contribution in [3.63, 3.8) is 0 Å². The van der Waals surface area contributed by atoms with Crippen molar-refractivity contribution in [1.29, 1.82) is 0 Å². The van der Waals surface area contributed by atoms with Crippen LogP contribution in [0.1, 0.15) is 44.1 Å². The van der Waals surface area contributed by atoms with Gasteiger partial charge >= 0.3 is 0 Å². The molecule has 21 heavy (non-hydrogen) atoms. The Kier molecular flexibility index (Phi) is 4.30. The molecule has 4 rings (SSSR count). The molecule has 0 aromatic carbocycles. The number of hydrogen-bond acceptors (Lipinski definition) is 4. The molecule has 1 N–H and O–H groups in total. The lowest BCUT2D eigenvalue weighted by atomic mass is 10.1. The van der Waals surface area contributed by atoms with Crippen LogP contribution in [-0.4, -0.2) is 42.3 Å². The predicted octanol–water partition coefficient (Wildman–Crippen LogP) is 3.01. The maximum absolute atomic E-state index is 6.27. The summed E-state index contributed by atoms with van der Waals surface area (Å²) in [6.07, 6.45) is 8.88. The van der Waals surface area contributed by atoms with E-state index in [9.17, 15) is 0 Å². The van der Waals surface area contributed by atoms with Crippen LogP contribution in [0.5, 0.6) is 0 Å². The molecule has 3 fully saturated rings. The molecule has 3 nitrogen and oxygen atoms in total. The third kappa shape index (κ3) is 4.07. The van der Waals surface area contributed by atoms with E-state index in [4.69, 9.17) is 4.74 Å². The van der Waals surface area contributed by atoms with Gasteiger partial charge in [-0.05, 0) is 60.9 Å². The Morgan fingerprint density at radius 3 is 2.71 bits per heavy atom. The highest BCUT2D eigenvalue weighted by Gasteiger charge is 2.34. The molecule has 2 saturated carbocycles. The standard InChI is InChI=1S/C17H26N2OS/c1-2-14(1)18-9-16-5-6-17(20-16)11-19(15-3-4-15)10-13-7-8-21-12-13/h7-8,12,14-18H,1-6,9-11H2. The molecular weight excluding hydrogens is 280 g/mol.